The van der Waals surface area contributed by atoms with Crippen LogP contribution in [0.15, 0.2) is 30.3 Å². The minimum Gasteiger partial charge on any atom is -0.492 e. The summed E-state index contributed by atoms with van der Waals surface area (Å²) in [6.07, 6.45) is 0.859. The summed E-state index contributed by atoms with van der Waals surface area (Å²) < 4.78 is 5.61. The number of para-hydroxylation sites is 1. The predicted octanol–water partition coefficient (Wildman–Crippen LogP) is 1.52. The van der Waals surface area contributed by atoms with Crippen molar-refractivity contribution in [3.63, 3.8) is 0 Å². The standard InChI is InChI=1S/C13H19NO2/c1-13(15)7-8-14(11-13)9-10-16-12-5-3-2-4-6-12/h2-6,15H,7-11H2,1H3. The van der Waals surface area contributed by atoms with Crippen molar-refractivity contribution in [1.29, 1.82) is 0 Å². The SMILES string of the molecule is CC1(O)CCN(CCOc2ccccc2)C1. The molecule has 1 aromatic carbocycles. The minimum atomic E-state index is -0.507. The number of rotatable bonds is 4. The molecule has 1 atom stereocenters. The first-order chi connectivity index (χ1) is 7.66. The van der Waals surface area contributed by atoms with Crippen LogP contribution in [-0.2, 0) is 0 Å². The maximum absolute atomic E-state index is 9.80. The zero-order chi connectivity index (χ0) is 11.4. The molecule has 0 spiro atoms. The third kappa shape index (κ3) is 3.22. The molecule has 0 bridgehead atoms. The van der Waals surface area contributed by atoms with E-state index in [-0.39, 0.29) is 0 Å². The number of β-amino-alcohol motifs (C(OH)–C–C–N with tert-alkyl or cyclic N) is 1. The van der Waals surface area contributed by atoms with Gasteiger partial charge in [-0.25, -0.2) is 0 Å². The largest absolute Gasteiger partial charge is 0.492 e. The van der Waals surface area contributed by atoms with Gasteiger partial charge in [0, 0.05) is 19.6 Å². The van der Waals surface area contributed by atoms with E-state index in [4.69, 9.17) is 4.74 Å². The maximum atomic E-state index is 9.80. The van der Waals surface area contributed by atoms with Gasteiger partial charge < -0.3 is 9.84 Å². The monoisotopic (exact) mass is 221 g/mol. The van der Waals surface area contributed by atoms with Crippen LogP contribution < -0.4 is 4.74 Å². The number of likely N-dealkylation sites (tertiary alicyclic amines) is 1. The van der Waals surface area contributed by atoms with Gasteiger partial charge in [0.15, 0.2) is 0 Å². The van der Waals surface area contributed by atoms with Gasteiger partial charge in [-0.1, -0.05) is 18.2 Å². The highest BCUT2D eigenvalue weighted by Gasteiger charge is 2.30. The van der Waals surface area contributed by atoms with Gasteiger partial charge in [-0.15, -0.1) is 0 Å². The highest BCUT2D eigenvalue weighted by atomic mass is 16.5. The molecule has 0 aliphatic carbocycles. The van der Waals surface area contributed by atoms with Crippen LogP contribution in [0, 0.1) is 0 Å². The molecule has 0 radical (unpaired) electrons. The van der Waals surface area contributed by atoms with Crippen LogP contribution >= 0.6 is 0 Å². The van der Waals surface area contributed by atoms with Crippen molar-refractivity contribution in [3.8, 4) is 5.75 Å². The number of aliphatic hydroxyl groups is 1. The lowest BCUT2D eigenvalue weighted by Crippen LogP contribution is -2.32. The van der Waals surface area contributed by atoms with E-state index in [1.807, 2.05) is 37.3 Å². The molecule has 1 N–H and O–H groups in total. The summed E-state index contributed by atoms with van der Waals surface area (Å²) in [7, 11) is 0. The molecule has 1 aliphatic rings. The number of benzene rings is 1. The van der Waals surface area contributed by atoms with E-state index in [0.29, 0.717) is 6.61 Å². The Bertz CT molecular complexity index is 324. The van der Waals surface area contributed by atoms with Crippen LogP contribution in [-0.4, -0.2) is 41.8 Å². The van der Waals surface area contributed by atoms with Gasteiger partial charge in [-0.2, -0.15) is 0 Å². The molecule has 0 aromatic heterocycles. The lowest BCUT2D eigenvalue weighted by Gasteiger charge is -2.18. The second kappa shape index (κ2) is 4.85. The van der Waals surface area contributed by atoms with Gasteiger partial charge >= 0.3 is 0 Å². The Hall–Kier alpha value is -1.06. The predicted molar refractivity (Wildman–Crippen MR) is 63.6 cm³/mol. The number of ether oxygens (including phenoxy) is 1. The molecule has 1 saturated heterocycles. The van der Waals surface area contributed by atoms with E-state index in [9.17, 15) is 5.11 Å². The summed E-state index contributed by atoms with van der Waals surface area (Å²) in [5, 5.41) is 9.80. The quantitative estimate of drug-likeness (QED) is 0.836. The molecule has 1 heterocycles. The molecule has 3 nitrogen and oxygen atoms in total. The van der Waals surface area contributed by atoms with Crippen LogP contribution in [0.1, 0.15) is 13.3 Å². The fraction of sp³-hybridized carbons (Fsp3) is 0.538. The van der Waals surface area contributed by atoms with E-state index in [0.717, 1.165) is 31.8 Å². The zero-order valence-electron chi connectivity index (χ0n) is 9.72. The number of nitrogens with zero attached hydrogens (tertiary/aromatic N) is 1. The van der Waals surface area contributed by atoms with Crippen LogP contribution in [0.25, 0.3) is 0 Å². The third-order valence-corrected chi connectivity index (χ3v) is 2.95. The highest BCUT2D eigenvalue weighted by molar-refractivity contribution is 5.20. The molecule has 16 heavy (non-hydrogen) atoms. The van der Waals surface area contributed by atoms with Crippen LogP contribution in [0.5, 0.6) is 5.75 Å². The second-order valence-corrected chi connectivity index (χ2v) is 4.68. The average molecular weight is 221 g/mol. The highest BCUT2D eigenvalue weighted by Crippen LogP contribution is 2.19. The van der Waals surface area contributed by atoms with Gasteiger partial charge in [0.05, 0.1) is 5.60 Å². The molecule has 2 rings (SSSR count). The van der Waals surface area contributed by atoms with E-state index >= 15 is 0 Å². The van der Waals surface area contributed by atoms with E-state index in [1.165, 1.54) is 0 Å². The Morgan fingerprint density at radius 2 is 2.12 bits per heavy atom. The first-order valence-electron chi connectivity index (χ1n) is 5.78. The summed E-state index contributed by atoms with van der Waals surface area (Å²) in [5.41, 5.74) is -0.507. The Labute approximate surface area is 96.6 Å². The first kappa shape index (κ1) is 11.4. The van der Waals surface area contributed by atoms with Gasteiger partial charge in [-0.3, -0.25) is 4.90 Å². The minimum absolute atomic E-state index is 0.507. The Morgan fingerprint density at radius 3 is 2.75 bits per heavy atom. The lowest BCUT2D eigenvalue weighted by atomic mass is 10.1. The average Bonchev–Trinajstić information content (AvgIpc) is 2.60. The van der Waals surface area contributed by atoms with Crippen LogP contribution in [0.3, 0.4) is 0 Å². The molecule has 1 aromatic rings. The van der Waals surface area contributed by atoms with Crippen molar-refractivity contribution in [1.82, 2.24) is 4.90 Å². The molecular formula is C13H19NO2. The topological polar surface area (TPSA) is 32.7 Å². The summed E-state index contributed by atoms with van der Waals surface area (Å²) in [5.74, 6) is 0.911. The number of hydrogen-bond acceptors (Lipinski definition) is 3. The fourth-order valence-corrected chi connectivity index (χ4v) is 2.04. The number of hydrogen-bond donors (Lipinski definition) is 1. The van der Waals surface area contributed by atoms with Crippen molar-refractivity contribution in [2.45, 2.75) is 18.9 Å². The van der Waals surface area contributed by atoms with Gasteiger partial charge in [-0.05, 0) is 25.5 Å². The van der Waals surface area contributed by atoms with E-state index in [2.05, 4.69) is 4.90 Å². The second-order valence-electron chi connectivity index (χ2n) is 4.68. The van der Waals surface area contributed by atoms with Crippen LogP contribution in [0.2, 0.25) is 0 Å². The van der Waals surface area contributed by atoms with E-state index < -0.39 is 5.60 Å². The maximum Gasteiger partial charge on any atom is 0.119 e. The zero-order valence-corrected chi connectivity index (χ0v) is 9.72. The molecule has 0 amide bonds. The molecule has 0 saturated carbocycles. The summed E-state index contributed by atoms with van der Waals surface area (Å²) >= 11 is 0. The van der Waals surface area contributed by atoms with Gasteiger partial charge in [0.25, 0.3) is 0 Å². The normalized spacial score (nSPS) is 25.9. The summed E-state index contributed by atoms with van der Waals surface area (Å²) in [4.78, 5) is 2.24. The molecule has 1 aliphatic heterocycles. The Morgan fingerprint density at radius 1 is 1.38 bits per heavy atom. The molecule has 1 fully saturated rings. The van der Waals surface area contributed by atoms with Crippen molar-refractivity contribution in [2.24, 2.45) is 0 Å². The Kier molecular flexibility index (Phi) is 3.46. The van der Waals surface area contributed by atoms with Crippen molar-refractivity contribution >= 4 is 0 Å². The smallest absolute Gasteiger partial charge is 0.119 e. The van der Waals surface area contributed by atoms with Crippen molar-refractivity contribution in [2.75, 3.05) is 26.2 Å². The van der Waals surface area contributed by atoms with Crippen molar-refractivity contribution < 1.29 is 9.84 Å². The first-order valence-corrected chi connectivity index (χ1v) is 5.78. The van der Waals surface area contributed by atoms with E-state index in [1.54, 1.807) is 0 Å². The summed E-state index contributed by atoms with van der Waals surface area (Å²) in [6, 6.07) is 9.83. The molecule has 88 valence electrons. The van der Waals surface area contributed by atoms with Crippen LogP contribution in [0.4, 0.5) is 0 Å². The lowest BCUT2D eigenvalue weighted by molar-refractivity contribution is 0.0670. The van der Waals surface area contributed by atoms with Gasteiger partial charge in [0.2, 0.25) is 0 Å². The van der Waals surface area contributed by atoms with Crippen molar-refractivity contribution in [3.05, 3.63) is 30.3 Å². The molecule has 1 unspecified atom stereocenters. The molecule has 3 heteroatoms. The Balaban J connectivity index is 1.70. The van der Waals surface area contributed by atoms with Gasteiger partial charge in [0.1, 0.15) is 12.4 Å². The summed E-state index contributed by atoms with van der Waals surface area (Å²) in [6.45, 7) is 5.17. The third-order valence-electron chi connectivity index (χ3n) is 2.95. The molecular weight excluding hydrogens is 202 g/mol. The fourth-order valence-electron chi connectivity index (χ4n) is 2.04.